The fourth-order valence-corrected chi connectivity index (χ4v) is 1.21. The Morgan fingerprint density at radius 3 is 2.82 bits per heavy atom. The zero-order valence-corrected chi connectivity index (χ0v) is 6.83. The normalized spacial score (nSPS) is 10.3. The molecule has 11 heavy (non-hydrogen) atoms. The first-order valence-corrected chi connectivity index (χ1v) is 4.66. The summed E-state index contributed by atoms with van der Waals surface area (Å²) < 4.78 is 20.4. The van der Waals surface area contributed by atoms with Crippen LogP contribution in [0.15, 0.2) is 24.5 Å². The second-order valence-electron chi connectivity index (χ2n) is 2.17. The molecule has 0 amide bonds. The summed E-state index contributed by atoms with van der Waals surface area (Å²) in [4.78, 5) is 3.87. The molecule has 1 rings (SSSR count). The number of hydrogen-bond donors (Lipinski definition) is 1. The van der Waals surface area contributed by atoms with E-state index in [0.29, 0.717) is 6.42 Å². The van der Waals surface area contributed by atoms with Gasteiger partial charge in [0.2, 0.25) is 0 Å². The summed E-state index contributed by atoms with van der Waals surface area (Å²) in [5, 5.41) is 0. The third kappa shape index (κ3) is 3.13. The SMILES string of the molecule is O=[SH](=O)CCc1cccnc1. The van der Waals surface area contributed by atoms with Crippen LogP contribution in [0.2, 0.25) is 0 Å². The fourth-order valence-electron chi connectivity index (χ4n) is 0.766. The predicted octanol–water partition coefficient (Wildman–Crippen LogP) is 0.236. The number of pyridine rings is 1. The molecule has 0 saturated heterocycles. The lowest BCUT2D eigenvalue weighted by Crippen LogP contribution is -1.93. The average Bonchev–Trinajstić information content (AvgIpc) is 2.03. The minimum Gasteiger partial charge on any atom is -0.264 e. The van der Waals surface area contributed by atoms with Gasteiger partial charge in [-0.15, -0.1) is 0 Å². The molecule has 0 bridgehead atoms. The molecule has 0 aromatic carbocycles. The van der Waals surface area contributed by atoms with E-state index in [1.807, 2.05) is 6.07 Å². The molecule has 0 saturated carbocycles. The molecule has 0 aliphatic rings. The molecular formula is C7H9NO2S. The van der Waals surface area contributed by atoms with E-state index in [9.17, 15) is 8.42 Å². The first-order valence-electron chi connectivity index (χ1n) is 3.30. The molecule has 0 fully saturated rings. The van der Waals surface area contributed by atoms with Gasteiger partial charge in [-0.05, 0) is 18.1 Å². The molecule has 0 spiro atoms. The Bertz CT molecular complexity index is 274. The Hall–Kier alpha value is -0.900. The number of nitrogens with zero attached hydrogens (tertiary/aromatic N) is 1. The van der Waals surface area contributed by atoms with Crippen LogP contribution in [0.3, 0.4) is 0 Å². The van der Waals surface area contributed by atoms with Crippen molar-refractivity contribution in [3.63, 3.8) is 0 Å². The Balaban J connectivity index is 2.52. The quantitative estimate of drug-likeness (QED) is 0.662. The number of aromatic nitrogens is 1. The van der Waals surface area contributed by atoms with Crippen LogP contribution in [-0.2, 0) is 17.1 Å². The average molecular weight is 171 g/mol. The van der Waals surface area contributed by atoms with Crippen LogP contribution in [0.1, 0.15) is 5.56 Å². The topological polar surface area (TPSA) is 47.0 Å². The van der Waals surface area contributed by atoms with Gasteiger partial charge in [-0.2, -0.15) is 0 Å². The molecule has 1 aromatic rings. The van der Waals surface area contributed by atoms with Gasteiger partial charge in [0.25, 0.3) is 0 Å². The molecule has 0 aliphatic carbocycles. The highest BCUT2D eigenvalue weighted by atomic mass is 32.2. The van der Waals surface area contributed by atoms with Crippen molar-refractivity contribution < 1.29 is 8.42 Å². The summed E-state index contributed by atoms with van der Waals surface area (Å²) in [5.74, 6) is 0.209. The lowest BCUT2D eigenvalue weighted by atomic mass is 10.2. The van der Waals surface area contributed by atoms with E-state index in [1.54, 1.807) is 18.5 Å². The van der Waals surface area contributed by atoms with Crippen molar-refractivity contribution in [1.82, 2.24) is 4.98 Å². The number of thiol groups is 1. The van der Waals surface area contributed by atoms with Gasteiger partial charge in [0, 0.05) is 12.4 Å². The van der Waals surface area contributed by atoms with E-state index in [4.69, 9.17) is 0 Å². The Kier molecular flexibility index (Phi) is 3.04. The van der Waals surface area contributed by atoms with Crippen LogP contribution in [0.25, 0.3) is 0 Å². The summed E-state index contributed by atoms with van der Waals surface area (Å²) >= 11 is 0. The summed E-state index contributed by atoms with van der Waals surface area (Å²) in [7, 11) is -2.25. The molecular weight excluding hydrogens is 162 g/mol. The van der Waals surface area contributed by atoms with E-state index in [1.165, 1.54) is 0 Å². The number of rotatable bonds is 3. The summed E-state index contributed by atoms with van der Waals surface area (Å²) in [6.45, 7) is 0. The first-order chi connectivity index (χ1) is 5.29. The van der Waals surface area contributed by atoms with Crippen LogP contribution in [0.5, 0.6) is 0 Å². The van der Waals surface area contributed by atoms with Crippen LogP contribution in [-0.4, -0.2) is 19.2 Å². The van der Waals surface area contributed by atoms with E-state index >= 15 is 0 Å². The highest BCUT2D eigenvalue weighted by Crippen LogP contribution is 1.95. The molecule has 1 heterocycles. The molecule has 4 heteroatoms. The first kappa shape index (κ1) is 8.20. The molecule has 1 aromatic heterocycles. The standard InChI is InChI=1S/C7H9NO2S/c9-11(10)5-3-7-2-1-4-8-6-7/h1-2,4,6,11H,3,5H2. The van der Waals surface area contributed by atoms with Crippen molar-refractivity contribution in [2.75, 3.05) is 5.75 Å². The van der Waals surface area contributed by atoms with Crippen LogP contribution in [0, 0.1) is 0 Å². The fraction of sp³-hybridized carbons (Fsp3) is 0.286. The van der Waals surface area contributed by atoms with Crippen LogP contribution < -0.4 is 0 Å². The second-order valence-corrected chi connectivity index (χ2v) is 3.28. The zero-order valence-electron chi connectivity index (χ0n) is 5.93. The lowest BCUT2D eigenvalue weighted by Gasteiger charge is -1.93. The van der Waals surface area contributed by atoms with Crippen molar-refractivity contribution in [1.29, 1.82) is 0 Å². The smallest absolute Gasteiger partial charge is 0.140 e. The predicted molar refractivity (Wildman–Crippen MR) is 43.1 cm³/mol. The van der Waals surface area contributed by atoms with Gasteiger partial charge < -0.3 is 0 Å². The Morgan fingerprint density at radius 2 is 2.27 bits per heavy atom. The van der Waals surface area contributed by atoms with E-state index in [2.05, 4.69) is 4.98 Å². The highest BCUT2D eigenvalue weighted by molar-refractivity contribution is 7.72. The molecule has 0 aliphatic heterocycles. The minimum atomic E-state index is -2.25. The largest absolute Gasteiger partial charge is 0.264 e. The molecule has 0 unspecified atom stereocenters. The van der Waals surface area contributed by atoms with Gasteiger partial charge in [0.05, 0.1) is 5.75 Å². The second kappa shape index (κ2) is 4.08. The van der Waals surface area contributed by atoms with Gasteiger partial charge in [-0.1, -0.05) is 6.07 Å². The van der Waals surface area contributed by atoms with Gasteiger partial charge in [-0.3, -0.25) is 4.98 Å². The molecule has 60 valence electrons. The molecule has 3 nitrogen and oxygen atoms in total. The third-order valence-corrected chi connectivity index (χ3v) is 1.89. The number of aryl methyl sites for hydroxylation is 1. The van der Waals surface area contributed by atoms with Crippen molar-refractivity contribution in [2.24, 2.45) is 0 Å². The zero-order chi connectivity index (χ0) is 8.10. The lowest BCUT2D eigenvalue weighted by molar-refractivity contribution is 0.614. The summed E-state index contributed by atoms with van der Waals surface area (Å²) in [5.41, 5.74) is 0.965. The van der Waals surface area contributed by atoms with Crippen molar-refractivity contribution in [2.45, 2.75) is 6.42 Å². The minimum absolute atomic E-state index is 0.209. The van der Waals surface area contributed by atoms with E-state index in [-0.39, 0.29) is 5.75 Å². The van der Waals surface area contributed by atoms with E-state index in [0.717, 1.165) is 5.56 Å². The maximum absolute atomic E-state index is 10.2. The molecule has 0 radical (unpaired) electrons. The van der Waals surface area contributed by atoms with Gasteiger partial charge >= 0.3 is 0 Å². The van der Waals surface area contributed by atoms with Crippen LogP contribution in [0.4, 0.5) is 0 Å². The number of hydrogen-bond acceptors (Lipinski definition) is 3. The van der Waals surface area contributed by atoms with Gasteiger partial charge in [0.15, 0.2) is 0 Å². The third-order valence-electron chi connectivity index (χ3n) is 1.31. The molecule has 0 N–H and O–H groups in total. The van der Waals surface area contributed by atoms with Crippen LogP contribution >= 0.6 is 0 Å². The Labute approximate surface area is 67.0 Å². The van der Waals surface area contributed by atoms with Crippen molar-refractivity contribution >= 4 is 10.7 Å². The van der Waals surface area contributed by atoms with Gasteiger partial charge in [-0.25, -0.2) is 8.42 Å². The molecule has 0 atom stereocenters. The summed E-state index contributed by atoms with van der Waals surface area (Å²) in [6, 6.07) is 3.67. The monoisotopic (exact) mass is 171 g/mol. The van der Waals surface area contributed by atoms with Gasteiger partial charge in [0.1, 0.15) is 10.7 Å². The maximum atomic E-state index is 10.2. The highest BCUT2D eigenvalue weighted by Gasteiger charge is 1.91. The van der Waals surface area contributed by atoms with E-state index < -0.39 is 10.7 Å². The maximum Gasteiger partial charge on any atom is 0.140 e. The van der Waals surface area contributed by atoms with Crippen molar-refractivity contribution in [3.05, 3.63) is 30.1 Å². The summed E-state index contributed by atoms with van der Waals surface area (Å²) in [6.07, 6.45) is 3.91. The Morgan fingerprint density at radius 1 is 1.45 bits per heavy atom. The van der Waals surface area contributed by atoms with Crippen molar-refractivity contribution in [3.8, 4) is 0 Å².